The molecule has 4 rings (SSSR count). The third-order valence-corrected chi connectivity index (χ3v) is 6.44. The topological polar surface area (TPSA) is 49.0 Å². The Morgan fingerprint density at radius 1 is 0.949 bits per heavy atom. The summed E-state index contributed by atoms with van der Waals surface area (Å²) in [6.45, 7) is 20.4. The molecule has 3 aromatic rings. The second-order valence-electron chi connectivity index (χ2n) is 10.4. The number of nitrogens with one attached hydrogen (secondary N) is 3. The number of allylic oxidation sites excluding steroid dienone is 2. The zero-order chi connectivity index (χ0) is 28.6. The fourth-order valence-corrected chi connectivity index (χ4v) is 4.03. The van der Waals surface area contributed by atoms with E-state index in [0.29, 0.717) is 5.92 Å². The molecule has 0 amide bonds. The second kappa shape index (κ2) is 17.3. The Labute approximate surface area is 238 Å². The third-order valence-electron chi connectivity index (χ3n) is 6.44. The quantitative estimate of drug-likeness (QED) is 0.217. The van der Waals surface area contributed by atoms with Gasteiger partial charge in [0.05, 0.1) is 0 Å². The molecule has 212 valence electrons. The third kappa shape index (κ3) is 10.8. The molecule has 39 heavy (non-hydrogen) atoms. The van der Waals surface area contributed by atoms with Crippen molar-refractivity contribution in [1.82, 2.24) is 10.3 Å². The van der Waals surface area contributed by atoms with Crippen LogP contribution in [0.25, 0.3) is 10.8 Å². The molecule has 3 N–H and O–H groups in total. The summed E-state index contributed by atoms with van der Waals surface area (Å²) in [4.78, 5) is 4.91. The minimum atomic E-state index is 0.645. The summed E-state index contributed by atoms with van der Waals surface area (Å²) in [5.74, 6) is 2.28. The average Bonchev–Trinajstić information content (AvgIpc) is 3.77. The molecule has 1 aliphatic rings. The van der Waals surface area contributed by atoms with E-state index in [1.165, 1.54) is 48.9 Å². The maximum Gasteiger partial charge on any atom is 0.140 e. The average molecular weight is 529 g/mol. The number of anilines is 3. The van der Waals surface area contributed by atoms with Gasteiger partial charge in [-0.15, -0.1) is 0 Å². The highest BCUT2D eigenvalue weighted by Gasteiger charge is 2.25. The van der Waals surface area contributed by atoms with E-state index in [4.69, 9.17) is 4.98 Å². The van der Waals surface area contributed by atoms with Crippen LogP contribution in [0.4, 0.5) is 17.3 Å². The maximum atomic E-state index is 4.91. The van der Waals surface area contributed by atoms with Crippen molar-refractivity contribution in [2.24, 2.45) is 5.92 Å². The Bertz CT molecular complexity index is 1190. The van der Waals surface area contributed by atoms with E-state index < -0.39 is 0 Å². The largest absolute Gasteiger partial charge is 0.388 e. The monoisotopic (exact) mass is 528 g/mol. The van der Waals surface area contributed by atoms with Crippen LogP contribution in [0.2, 0.25) is 0 Å². The number of pyridine rings is 1. The van der Waals surface area contributed by atoms with Crippen molar-refractivity contribution in [3.8, 4) is 0 Å². The van der Waals surface area contributed by atoms with Gasteiger partial charge in [-0.25, -0.2) is 4.98 Å². The number of unbranched alkanes of at least 4 members (excludes halogenated alkanes) is 1. The van der Waals surface area contributed by atoms with Gasteiger partial charge in [0.25, 0.3) is 0 Å². The molecule has 0 radical (unpaired) electrons. The number of aryl methyl sites for hydroxylation is 2. The second-order valence-corrected chi connectivity index (χ2v) is 10.4. The molecule has 0 saturated heterocycles. The normalized spacial score (nSPS) is 12.5. The van der Waals surface area contributed by atoms with Crippen molar-refractivity contribution in [1.29, 1.82) is 0 Å². The lowest BCUT2D eigenvalue weighted by atomic mass is 10.1. The van der Waals surface area contributed by atoms with Crippen molar-refractivity contribution in [3.63, 3.8) is 0 Å². The van der Waals surface area contributed by atoms with Crippen LogP contribution in [0.3, 0.4) is 0 Å². The van der Waals surface area contributed by atoms with Crippen LogP contribution in [0.5, 0.6) is 0 Å². The van der Waals surface area contributed by atoms with E-state index in [-0.39, 0.29) is 0 Å². The standard InChI is InChI=1S/C28H34N4.C4H10.C3H8/c1-5-15-29-26(22-11-12-22)17-20(4)30-28-25-10-8-7-9-23(25)18-27(32-28)31-24-14-13-21(6-2)19(3)16-24;1-3-4-2;1-3-2/h7-10,13-14,16-18,22,29H,4-6,11-12,15H2,1-3H3,(H2,30,31,32);3-4H2,1-2H3;3H2,1-2H3/b26-17-;;. The Morgan fingerprint density at radius 3 is 2.23 bits per heavy atom. The first kappa shape index (κ1) is 31.9. The number of fused-ring (bicyclic) bond motifs is 1. The van der Waals surface area contributed by atoms with Crippen molar-refractivity contribution in [3.05, 3.63) is 83.7 Å². The number of rotatable bonds is 11. The fraction of sp³-hybridized carbons (Fsp3) is 0.457. The van der Waals surface area contributed by atoms with Gasteiger partial charge in [0.15, 0.2) is 0 Å². The zero-order valence-corrected chi connectivity index (χ0v) is 25.6. The summed E-state index contributed by atoms with van der Waals surface area (Å²) in [6.07, 6.45) is 10.7. The first-order valence-corrected chi connectivity index (χ1v) is 15.1. The van der Waals surface area contributed by atoms with Crippen LogP contribution in [0.1, 0.15) is 91.2 Å². The molecule has 1 aromatic heterocycles. The van der Waals surface area contributed by atoms with E-state index in [9.17, 15) is 0 Å². The molecular formula is C35H52N4. The predicted octanol–water partition coefficient (Wildman–Crippen LogP) is 10.3. The smallest absolute Gasteiger partial charge is 0.140 e. The van der Waals surface area contributed by atoms with Crippen molar-refractivity contribution in [2.45, 2.75) is 93.4 Å². The van der Waals surface area contributed by atoms with Gasteiger partial charge in [-0.05, 0) is 79.3 Å². The van der Waals surface area contributed by atoms with Gasteiger partial charge in [0.1, 0.15) is 11.6 Å². The summed E-state index contributed by atoms with van der Waals surface area (Å²) in [6, 6.07) is 16.9. The lowest BCUT2D eigenvalue weighted by Crippen LogP contribution is -2.16. The number of hydrogen-bond donors (Lipinski definition) is 3. The van der Waals surface area contributed by atoms with Crippen molar-refractivity contribution >= 4 is 28.1 Å². The van der Waals surface area contributed by atoms with Crippen LogP contribution < -0.4 is 16.0 Å². The van der Waals surface area contributed by atoms with Gasteiger partial charge in [0.2, 0.25) is 0 Å². The summed E-state index contributed by atoms with van der Waals surface area (Å²) >= 11 is 0. The van der Waals surface area contributed by atoms with E-state index in [2.05, 4.69) is 120 Å². The number of hydrogen-bond acceptors (Lipinski definition) is 4. The SMILES string of the molecule is C=C(/C=C(\NCCC)C1CC1)Nc1nc(Nc2ccc(CC)c(C)c2)cc2ccccc12.CCC.CCCC. The van der Waals surface area contributed by atoms with Gasteiger partial charge in [0, 0.05) is 29.0 Å². The maximum absolute atomic E-state index is 4.91. The van der Waals surface area contributed by atoms with Crippen molar-refractivity contribution in [2.75, 3.05) is 17.2 Å². The molecule has 2 aromatic carbocycles. The predicted molar refractivity (Wildman–Crippen MR) is 174 cm³/mol. The molecule has 1 saturated carbocycles. The molecule has 1 aliphatic carbocycles. The van der Waals surface area contributed by atoms with E-state index >= 15 is 0 Å². The summed E-state index contributed by atoms with van der Waals surface area (Å²) in [5.41, 5.74) is 5.85. The van der Waals surface area contributed by atoms with E-state index in [1.807, 2.05) is 6.07 Å². The molecule has 4 nitrogen and oxygen atoms in total. The summed E-state index contributed by atoms with van der Waals surface area (Å²) < 4.78 is 0. The van der Waals surface area contributed by atoms with E-state index in [0.717, 1.165) is 53.2 Å². The lowest BCUT2D eigenvalue weighted by molar-refractivity contribution is 0.719. The molecule has 1 heterocycles. The molecular weight excluding hydrogens is 476 g/mol. The lowest BCUT2D eigenvalue weighted by Gasteiger charge is -2.15. The Kier molecular flexibility index (Phi) is 14.2. The number of aromatic nitrogens is 1. The highest BCUT2D eigenvalue weighted by Crippen LogP contribution is 2.36. The molecule has 0 atom stereocenters. The Balaban J connectivity index is 0.000000686. The molecule has 0 bridgehead atoms. The first-order valence-electron chi connectivity index (χ1n) is 15.1. The van der Waals surface area contributed by atoms with Crippen LogP contribution in [-0.2, 0) is 6.42 Å². The Morgan fingerprint density at radius 2 is 1.64 bits per heavy atom. The Hall–Kier alpha value is -3.27. The van der Waals surface area contributed by atoms with E-state index in [1.54, 1.807) is 0 Å². The minimum Gasteiger partial charge on any atom is -0.388 e. The highest BCUT2D eigenvalue weighted by atomic mass is 15.1. The number of benzene rings is 2. The van der Waals surface area contributed by atoms with Crippen LogP contribution in [0, 0.1) is 12.8 Å². The van der Waals surface area contributed by atoms with Gasteiger partial charge in [-0.3, -0.25) is 0 Å². The van der Waals surface area contributed by atoms with Crippen LogP contribution >= 0.6 is 0 Å². The van der Waals surface area contributed by atoms with Gasteiger partial charge < -0.3 is 16.0 Å². The molecule has 0 aliphatic heterocycles. The molecule has 1 fully saturated rings. The van der Waals surface area contributed by atoms with Crippen LogP contribution in [-0.4, -0.2) is 11.5 Å². The number of nitrogens with zero attached hydrogens (tertiary/aromatic N) is 1. The zero-order valence-electron chi connectivity index (χ0n) is 25.6. The van der Waals surface area contributed by atoms with Gasteiger partial charge in [-0.2, -0.15) is 0 Å². The first-order chi connectivity index (χ1) is 18.9. The van der Waals surface area contributed by atoms with Crippen molar-refractivity contribution < 1.29 is 0 Å². The molecule has 0 unspecified atom stereocenters. The van der Waals surface area contributed by atoms with Crippen LogP contribution in [0.15, 0.2) is 72.6 Å². The minimum absolute atomic E-state index is 0.645. The molecule has 4 heteroatoms. The highest BCUT2D eigenvalue weighted by molar-refractivity contribution is 5.94. The van der Waals surface area contributed by atoms with Gasteiger partial charge in [-0.1, -0.05) is 97.7 Å². The summed E-state index contributed by atoms with van der Waals surface area (Å²) in [7, 11) is 0. The molecule has 0 spiro atoms. The summed E-state index contributed by atoms with van der Waals surface area (Å²) in [5, 5.41) is 12.7. The van der Waals surface area contributed by atoms with Gasteiger partial charge >= 0.3 is 0 Å². The fourth-order valence-electron chi connectivity index (χ4n) is 4.03.